The summed E-state index contributed by atoms with van der Waals surface area (Å²) in [4.78, 5) is 71.9. The van der Waals surface area contributed by atoms with Crippen LogP contribution in [0.3, 0.4) is 0 Å². The van der Waals surface area contributed by atoms with Crippen molar-refractivity contribution in [2.24, 2.45) is 0 Å². The number of aliphatic carboxylic acids is 1. The van der Waals surface area contributed by atoms with Crippen molar-refractivity contribution in [3.63, 3.8) is 0 Å². The minimum Gasteiger partial charge on any atom is -0.478 e. The lowest BCUT2D eigenvalue weighted by atomic mass is 10.2. The van der Waals surface area contributed by atoms with Crippen LogP contribution in [0.2, 0.25) is 0 Å². The van der Waals surface area contributed by atoms with Gasteiger partial charge in [0.05, 0.1) is 19.7 Å². The largest absolute Gasteiger partial charge is 0.478 e. The fourth-order valence-electron chi connectivity index (χ4n) is 3.45. The summed E-state index contributed by atoms with van der Waals surface area (Å²) in [6.07, 6.45) is 7.97. The molecule has 0 aliphatic heterocycles. The van der Waals surface area contributed by atoms with Crippen LogP contribution in [0.1, 0.15) is 23.6 Å². The fourth-order valence-corrected chi connectivity index (χ4v) is 3.45. The van der Waals surface area contributed by atoms with Gasteiger partial charge in [-0.15, -0.1) is 0 Å². The van der Waals surface area contributed by atoms with Crippen LogP contribution in [0.4, 0.5) is 22.7 Å². The molecule has 4 aromatic carbocycles. The molecule has 0 saturated heterocycles. The molecular formula is C34H26N4O13. The van der Waals surface area contributed by atoms with Crippen molar-refractivity contribution in [1.82, 2.24) is 0 Å². The molecule has 51 heavy (non-hydrogen) atoms. The maximum absolute atomic E-state index is 11.6. The molecule has 260 valence electrons. The van der Waals surface area contributed by atoms with E-state index in [4.69, 9.17) is 9.84 Å². The second kappa shape index (κ2) is 19.9. The molecule has 0 amide bonds. The number of allylic oxidation sites excluding steroid dienone is 1. The lowest BCUT2D eigenvalue weighted by molar-refractivity contribution is -0.385. The molecule has 0 spiro atoms. The molecule has 0 atom stereocenters. The number of non-ortho nitro benzene ring substituents is 4. The third-order valence-electron chi connectivity index (χ3n) is 5.92. The summed E-state index contributed by atoms with van der Waals surface area (Å²) >= 11 is 0. The fraction of sp³-hybridized carbons (Fsp3) is 0.0294. The van der Waals surface area contributed by atoms with Gasteiger partial charge in [0, 0.05) is 60.7 Å². The second-order valence-corrected chi connectivity index (χ2v) is 9.67. The Balaban J connectivity index is 0.000000280. The lowest BCUT2D eigenvalue weighted by Gasteiger charge is -2.00. The van der Waals surface area contributed by atoms with Crippen molar-refractivity contribution < 1.29 is 43.9 Å². The van der Waals surface area contributed by atoms with Crippen molar-refractivity contribution in [1.29, 1.82) is 0 Å². The van der Waals surface area contributed by atoms with E-state index in [-0.39, 0.29) is 34.3 Å². The number of benzene rings is 4. The summed E-state index contributed by atoms with van der Waals surface area (Å²) < 4.78 is 4.98. The van der Waals surface area contributed by atoms with Gasteiger partial charge in [-0.3, -0.25) is 45.3 Å². The van der Waals surface area contributed by atoms with E-state index >= 15 is 0 Å². The van der Waals surface area contributed by atoms with E-state index in [1.54, 1.807) is 18.2 Å². The molecule has 17 heteroatoms. The molecule has 17 nitrogen and oxygen atoms in total. The number of nitro benzene ring substituents is 4. The highest BCUT2D eigenvalue weighted by molar-refractivity contribution is 5.91. The van der Waals surface area contributed by atoms with Crippen molar-refractivity contribution >= 4 is 58.7 Å². The highest BCUT2D eigenvalue weighted by Crippen LogP contribution is 2.18. The van der Waals surface area contributed by atoms with Crippen LogP contribution in [0.25, 0.3) is 18.2 Å². The minimum absolute atomic E-state index is 0.0162. The van der Waals surface area contributed by atoms with Gasteiger partial charge in [0.15, 0.2) is 5.78 Å². The van der Waals surface area contributed by atoms with Crippen molar-refractivity contribution in [3.8, 4) is 5.75 Å². The first kappa shape index (κ1) is 39.5. The highest BCUT2D eigenvalue weighted by atomic mass is 16.6. The van der Waals surface area contributed by atoms with Crippen LogP contribution in [0, 0.1) is 40.5 Å². The maximum atomic E-state index is 11.6. The Morgan fingerprint density at radius 3 is 1.10 bits per heavy atom. The normalized spacial score (nSPS) is 10.4. The van der Waals surface area contributed by atoms with Gasteiger partial charge in [-0.2, -0.15) is 0 Å². The number of nitro groups is 4. The molecule has 0 unspecified atom stereocenters. The first-order chi connectivity index (χ1) is 24.1. The first-order valence-electron chi connectivity index (χ1n) is 14.1. The number of ether oxygens (including phenoxy) is 1. The van der Waals surface area contributed by atoms with E-state index in [2.05, 4.69) is 0 Å². The lowest BCUT2D eigenvalue weighted by Crippen LogP contribution is -2.03. The molecule has 1 N–H and O–H groups in total. The average molecular weight is 699 g/mol. The van der Waals surface area contributed by atoms with Crippen LogP contribution in [-0.2, 0) is 14.4 Å². The molecule has 0 aromatic heterocycles. The molecule has 4 aromatic rings. The molecular weight excluding hydrogens is 672 g/mol. The molecule has 0 heterocycles. The topological polar surface area (TPSA) is 253 Å². The molecule has 4 rings (SSSR count). The third kappa shape index (κ3) is 15.2. The number of carboxylic acids is 1. The zero-order chi connectivity index (χ0) is 37.9. The Labute approximate surface area is 287 Å². The van der Waals surface area contributed by atoms with Crippen LogP contribution in [0.5, 0.6) is 5.75 Å². The summed E-state index contributed by atoms with van der Waals surface area (Å²) in [7, 11) is 0. The van der Waals surface area contributed by atoms with Crippen LogP contribution in [0.15, 0.2) is 115 Å². The second-order valence-electron chi connectivity index (χ2n) is 9.67. The number of carbonyl (C=O) groups excluding carboxylic acids is 2. The van der Waals surface area contributed by atoms with E-state index in [0.29, 0.717) is 11.1 Å². The van der Waals surface area contributed by atoms with Gasteiger partial charge >= 0.3 is 11.9 Å². The highest BCUT2D eigenvalue weighted by Gasteiger charge is 2.07. The third-order valence-corrected chi connectivity index (χ3v) is 5.92. The van der Waals surface area contributed by atoms with Gasteiger partial charge < -0.3 is 9.84 Å². The number of ketones is 1. The zero-order valence-corrected chi connectivity index (χ0v) is 26.3. The molecule has 0 bridgehead atoms. The van der Waals surface area contributed by atoms with Crippen molar-refractivity contribution in [3.05, 3.63) is 172 Å². The van der Waals surface area contributed by atoms with E-state index in [1.807, 2.05) is 0 Å². The Kier molecular flexibility index (Phi) is 15.4. The number of esters is 1. The van der Waals surface area contributed by atoms with Gasteiger partial charge in [-0.25, -0.2) is 9.59 Å². The van der Waals surface area contributed by atoms with Crippen molar-refractivity contribution in [2.75, 3.05) is 0 Å². The maximum Gasteiger partial charge on any atom is 0.336 e. The van der Waals surface area contributed by atoms with E-state index in [0.717, 1.165) is 17.7 Å². The number of hydrogen-bond acceptors (Lipinski definition) is 12. The van der Waals surface area contributed by atoms with E-state index < -0.39 is 31.6 Å². The molecule has 0 aliphatic rings. The summed E-state index contributed by atoms with van der Waals surface area (Å²) in [6, 6.07) is 22.3. The molecule has 0 saturated carbocycles. The Morgan fingerprint density at radius 1 is 0.510 bits per heavy atom. The predicted octanol–water partition coefficient (Wildman–Crippen LogP) is 7.01. The Hall–Kier alpha value is -7.69. The number of carboxylic acid groups (broad SMARTS) is 1. The van der Waals surface area contributed by atoms with Gasteiger partial charge in [0.25, 0.3) is 22.7 Å². The molecule has 0 radical (unpaired) electrons. The Bertz CT molecular complexity index is 1890. The number of carbonyl (C=O) groups is 3. The van der Waals surface area contributed by atoms with Crippen LogP contribution >= 0.6 is 0 Å². The van der Waals surface area contributed by atoms with Crippen LogP contribution in [-0.4, -0.2) is 42.5 Å². The van der Waals surface area contributed by atoms with Gasteiger partial charge in [-0.1, -0.05) is 6.08 Å². The van der Waals surface area contributed by atoms with E-state index in [9.17, 15) is 54.8 Å². The minimum atomic E-state index is -1.05. The standard InChI is InChI=1S/C15H10N2O6.C10H9NO3.C9H7NO4/c18-15(23-14-8-6-13(7-9-14)17(21)22)10-3-11-1-4-12(5-2-11)16(19)20;1-8(12)2-3-9-4-6-10(7-5-9)11(13)14;11-9(12)6-3-7-1-4-8(5-2-7)10(13)14/h1-10H;2-7H,1H3;1-6H,(H,11,12)/b10-3+;3-2+;6-3+. The molecule has 0 aliphatic carbocycles. The zero-order valence-electron chi connectivity index (χ0n) is 26.3. The average Bonchev–Trinajstić information content (AvgIpc) is 3.10. The monoisotopic (exact) mass is 698 g/mol. The van der Waals surface area contributed by atoms with Crippen molar-refractivity contribution in [2.45, 2.75) is 6.92 Å². The SMILES string of the molecule is CC(=O)/C=C/c1ccc([N+](=O)[O-])cc1.O=C(/C=C/c1ccc([N+](=O)[O-])cc1)Oc1ccc([N+](=O)[O-])cc1.O=C(O)/C=C/c1ccc([N+](=O)[O-])cc1. The summed E-state index contributed by atoms with van der Waals surface area (Å²) in [5.41, 5.74) is 1.85. The summed E-state index contributed by atoms with van der Waals surface area (Å²) in [5.74, 6) is -1.60. The first-order valence-corrected chi connectivity index (χ1v) is 14.1. The van der Waals surface area contributed by atoms with Crippen LogP contribution < -0.4 is 4.74 Å². The Morgan fingerprint density at radius 2 is 0.804 bits per heavy atom. The molecule has 0 fully saturated rings. The van der Waals surface area contributed by atoms with Gasteiger partial charge in [0.2, 0.25) is 0 Å². The van der Waals surface area contributed by atoms with Gasteiger partial charge in [0.1, 0.15) is 5.75 Å². The quantitative estimate of drug-likeness (QED) is 0.0544. The number of rotatable bonds is 11. The number of hydrogen-bond donors (Lipinski definition) is 1. The number of nitrogens with zero attached hydrogens (tertiary/aromatic N) is 4. The van der Waals surface area contributed by atoms with E-state index in [1.165, 1.54) is 110 Å². The van der Waals surface area contributed by atoms with Gasteiger partial charge in [-0.05, 0) is 90.4 Å². The smallest absolute Gasteiger partial charge is 0.336 e. The predicted molar refractivity (Wildman–Crippen MR) is 183 cm³/mol. The summed E-state index contributed by atoms with van der Waals surface area (Å²) in [6.45, 7) is 1.45. The summed E-state index contributed by atoms with van der Waals surface area (Å²) in [5, 5.41) is 49.9.